The van der Waals surface area contributed by atoms with Crippen LogP contribution in [-0.4, -0.2) is 40.5 Å². The molecular weight excluding hydrogens is 305 g/mol. The Bertz CT molecular complexity index is 497. The van der Waals surface area contributed by atoms with Crippen molar-refractivity contribution >= 4 is 0 Å². The van der Waals surface area contributed by atoms with Crippen molar-refractivity contribution in [2.75, 3.05) is 19.6 Å². The molecule has 7 heteroatoms. The Kier molecular flexibility index (Phi) is 6.35. The lowest BCUT2D eigenvalue weighted by Crippen LogP contribution is -2.39. The van der Waals surface area contributed by atoms with Crippen LogP contribution in [0.1, 0.15) is 49.8 Å². The molecule has 1 aromatic rings. The molecule has 1 aliphatic rings. The molecule has 1 unspecified atom stereocenters. The minimum Gasteiger partial charge on any atom is -0.306 e. The zero-order valence-electron chi connectivity index (χ0n) is 13.8. The van der Waals surface area contributed by atoms with Gasteiger partial charge >= 0.3 is 6.18 Å². The second-order valence-electron chi connectivity index (χ2n) is 6.31. The molecule has 0 spiro atoms. The largest absolute Gasteiger partial charge is 0.433 e. The molecule has 0 bridgehead atoms. The van der Waals surface area contributed by atoms with Gasteiger partial charge in [-0.05, 0) is 45.8 Å². The van der Waals surface area contributed by atoms with Crippen molar-refractivity contribution in [3.8, 4) is 0 Å². The van der Waals surface area contributed by atoms with E-state index in [1.165, 1.54) is 25.7 Å². The fourth-order valence-electron chi connectivity index (χ4n) is 2.89. The Balaban J connectivity index is 1.88. The van der Waals surface area contributed by atoms with Gasteiger partial charge in [0.25, 0.3) is 0 Å². The third-order valence-electron chi connectivity index (χ3n) is 4.03. The van der Waals surface area contributed by atoms with Crippen LogP contribution in [0, 0.1) is 6.92 Å². The van der Waals surface area contributed by atoms with Crippen LogP contribution in [0.3, 0.4) is 0 Å². The van der Waals surface area contributed by atoms with Crippen molar-refractivity contribution in [2.24, 2.45) is 0 Å². The van der Waals surface area contributed by atoms with Gasteiger partial charge in [-0.2, -0.15) is 13.2 Å². The van der Waals surface area contributed by atoms with E-state index in [0.29, 0.717) is 5.69 Å². The van der Waals surface area contributed by atoms with Gasteiger partial charge in [0.05, 0.1) is 6.54 Å². The van der Waals surface area contributed by atoms with Crippen molar-refractivity contribution < 1.29 is 13.2 Å². The maximum Gasteiger partial charge on any atom is 0.433 e. The summed E-state index contributed by atoms with van der Waals surface area (Å²) >= 11 is 0. The Morgan fingerprint density at radius 1 is 1.17 bits per heavy atom. The Morgan fingerprint density at radius 2 is 1.83 bits per heavy atom. The fraction of sp³-hybridized carbons (Fsp3) is 0.750. The lowest BCUT2D eigenvalue weighted by atomic mass is 10.2. The van der Waals surface area contributed by atoms with E-state index in [4.69, 9.17) is 0 Å². The van der Waals surface area contributed by atoms with Crippen LogP contribution in [0.5, 0.6) is 0 Å². The van der Waals surface area contributed by atoms with E-state index in [2.05, 4.69) is 20.2 Å². The Morgan fingerprint density at radius 3 is 2.43 bits per heavy atom. The number of likely N-dealkylation sites (tertiary alicyclic amines) is 1. The Labute approximate surface area is 135 Å². The van der Waals surface area contributed by atoms with Gasteiger partial charge in [-0.15, -0.1) is 0 Å². The van der Waals surface area contributed by atoms with Crippen molar-refractivity contribution in [1.29, 1.82) is 0 Å². The number of hydrogen-bond donors (Lipinski definition) is 1. The number of alkyl halides is 3. The molecule has 0 amide bonds. The quantitative estimate of drug-likeness (QED) is 0.900. The molecule has 1 N–H and O–H groups in total. The molecule has 0 radical (unpaired) electrons. The molecule has 2 heterocycles. The van der Waals surface area contributed by atoms with Gasteiger partial charge in [-0.3, -0.25) is 0 Å². The smallest absolute Gasteiger partial charge is 0.306 e. The van der Waals surface area contributed by atoms with Crippen molar-refractivity contribution in [3.63, 3.8) is 0 Å². The summed E-state index contributed by atoms with van der Waals surface area (Å²) in [6.07, 6.45) is 0.594. The van der Waals surface area contributed by atoms with Gasteiger partial charge in [-0.1, -0.05) is 12.8 Å². The van der Waals surface area contributed by atoms with Gasteiger partial charge in [-0.25, -0.2) is 9.97 Å². The van der Waals surface area contributed by atoms with Gasteiger partial charge in [0.2, 0.25) is 0 Å². The average Bonchev–Trinajstić information content (AvgIpc) is 2.72. The molecular formula is C16H25F3N4. The lowest BCUT2D eigenvalue weighted by molar-refractivity contribution is -0.141. The molecule has 1 saturated heterocycles. The monoisotopic (exact) mass is 330 g/mol. The number of hydrogen-bond acceptors (Lipinski definition) is 4. The number of nitrogens with zero attached hydrogens (tertiary/aromatic N) is 3. The maximum atomic E-state index is 12.8. The second kappa shape index (κ2) is 8.06. The molecule has 2 rings (SSSR count). The average molecular weight is 330 g/mol. The predicted octanol–water partition coefficient (Wildman–Crippen LogP) is 3.16. The van der Waals surface area contributed by atoms with E-state index in [-0.39, 0.29) is 18.4 Å². The van der Waals surface area contributed by atoms with Crippen LogP contribution in [0.15, 0.2) is 6.07 Å². The molecule has 4 nitrogen and oxygen atoms in total. The fourth-order valence-corrected chi connectivity index (χ4v) is 2.89. The SMILES string of the molecule is Cc1cc(C(F)(F)F)nc(CNC(C)CN2CCCCCC2)n1. The second-order valence-corrected chi connectivity index (χ2v) is 6.31. The summed E-state index contributed by atoms with van der Waals surface area (Å²) in [7, 11) is 0. The van der Waals surface area contributed by atoms with Gasteiger partial charge in [0.1, 0.15) is 11.5 Å². The minimum absolute atomic E-state index is 0.187. The summed E-state index contributed by atoms with van der Waals surface area (Å²) in [5.41, 5.74) is -0.536. The van der Waals surface area contributed by atoms with E-state index in [9.17, 15) is 13.2 Å². The topological polar surface area (TPSA) is 41.1 Å². The predicted molar refractivity (Wildman–Crippen MR) is 83.0 cm³/mol. The van der Waals surface area contributed by atoms with Crippen molar-refractivity contribution in [1.82, 2.24) is 20.2 Å². The third kappa shape index (κ3) is 6.06. The van der Waals surface area contributed by atoms with Crippen LogP contribution in [0.2, 0.25) is 0 Å². The molecule has 0 aromatic carbocycles. The first-order chi connectivity index (χ1) is 10.8. The number of halogens is 3. The molecule has 0 saturated carbocycles. The molecule has 1 atom stereocenters. The number of aromatic nitrogens is 2. The van der Waals surface area contributed by atoms with E-state index < -0.39 is 11.9 Å². The normalized spacial score (nSPS) is 18.7. The lowest BCUT2D eigenvalue weighted by Gasteiger charge is -2.24. The first-order valence-corrected chi connectivity index (χ1v) is 8.22. The van der Waals surface area contributed by atoms with Crippen LogP contribution in [0.25, 0.3) is 0 Å². The Hall–Kier alpha value is -1.21. The summed E-state index contributed by atoms with van der Waals surface area (Å²) in [4.78, 5) is 10.1. The first-order valence-electron chi connectivity index (χ1n) is 8.22. The molecule has 130 valence electrons. The molecule has 1 fully saturated rings. The summed E-state index contributed by atoms with van der Waals surface area (Å²) in [5.74, 6) is 0.194. The van der Waals surface area contributed by atoms with E-state index in [0.717, 1.165) is 25.7 Å². The number of nitrogens with one attached hydrogen (secondary N) is 1. The molecule has 0 aliphatic carbocycles. The van der Waals surface area contributed by atoms with Crippen LogP contribution in [-0.2, 0) is 12.7 Å². The third-order valence-corrected chi connectivity index (χ3v) is 4.03. The maximum absolute atomic E-state index is 12.8. The summed E-state index contributed by atoms with van der Waals surface area (Å²) in [6, 6.07) is 1.16. The van der Waals surface area contributed by atoms with E-state index >= 15 is 0 Å². The van der Waals surface area contributed by atoms with E-state index in [1.807, 2.05) is 6.92 Å². The standard InChI is InChI=1S/C16H25F3N4/c1-12-9-14(16(17,18)19)22-15(21-12)10-20-13(2)11-23-7-5-3-4-6-8-23/h9,13,20H,3-8,10-11H2,1-2H3. The number of rotatable bonds is 5. The van der Waals surface area contributed by atoms with Crippen LogP contribution < -0.4 is 5.32 Å². The highest BCUT2D eigenvalue weighted by atomic mass is 19.4. The summed E-state index contributed by atoms with van der Waals surface area (Å²) < 4.78 is 38.3. The summed E-state index contributed by atoms with van der Waals surface area (Å²) in [5, 5.41) is 3.24. The molecule has 1 aromatic heterocycles. The van der Waals surface area contributed by atoms with Crippen LogP contribution >= 0.6 is 0 Å². The molecule has 23 heavy (non-hydrogen) atoms. The van der Waals surface area contributed by atoms with Gasteiger partial charge in [0.15, 0.2) is 0 Å². The number of aryl methyl sites for hydroxylation is 1. The summed E-state index contributed by atoms with van der Waals surface area (Å²) in [6.45, 7) is 6.96. The minimum atomic E-state index is -4.43. The highest BCUT2D eigenvalue weighted by molar-refractivity contribution is 5.12. The highest BCUT2D eigenvalue weighted by Crippen LogP contribution is 2.27. The zero-order chi connectivity index (χ0) is 16.9. The van der Waals surface area contributed by atoms with Crippen molar-refractivity contribution in [2.45, 2.75) is 58.3 Å². The van der Waals surface area contributed by atoms with Crippen LogP contribution in [0.4, 0.5) is 13.2 Å². The van der Waals surface area contributed by atoms with Gasteiger partial charge in [0, 0.05) is 18.3 Å². The highest BCUT2D eigenvalue weighted by Gasteiger charge is 2.33. The van der Waals surface area contributed by atoms with Crippen molar-refractivity contribution in [3.05, 3.63) is 23.3 Å². The van der Waals surface area contributed by atoms with E-state index in [1.54, 1.807) is 6.92 Å². The molecule has 1 aliphatic heterocycles. The zero-order valence-corrected chi connectivity index (χ0v) is 13.8. The first kappa shape index (κ1) is 18.1. The van der Waals surface area contributed by atoms with Gasteiger partial charge < -0.3 is 10.2 Å².